The molecule has 0 aliphatic carbocycles. The van der Waals surface area contributed by atoms with Gasteiger partial charge in [-0.05, 0) is 39.0 Å². The summed E-state index contributed by atoms with van der Waals surface area (Å²) in [6.45, 7) is 5.02. The fraction of sp³-hybridized carbons (Fsp3) is 0.400. The number of hydrogen-bond acceptors (Lipinski definition) is 3. The van der Waals surface area contributed by atoms with Crippen LogP contribution in [0.4, 0.5) is 13.2 Å². The fourth-order valence-corrected chi connectivity index (χ4v) is 2.67. The number of alkyl halides is 3. The summed E-state index contributed by atoms with van der Waals surface area (Å²) in [6.07, 6.45) is -5.22. The van der Waals surface area contributed by atoms with E-state index in [1.807, 2.05) is 0 Å². The van der Waals surface area contributed by atoms with Crippen LogP contribution in [0, 0.1) is 18.3 Å². The standard InChI is InChI=1S/C15H15F3N2O2/c1-8-6-12-13(20(8)9(2)10(3)22-21)5-4-11(7-19)14(12)15(16,17)18/h4-6,9-10,21H,1-3H3. The molecule has 1 N–H and O–H groups in total. The molecule has 0 radical (unpaired) electrons. The van der Waals surface area contributed by atoms with Crippen LogP contribution in [0.25, 0.3) is 10.9 Å². The highest BCUT2D eigenvalue weighted by molar-refractivity contribution is 5.87. The lowest BCUT2D eigenvalue weighted by molar-refractivity contribution is -0.281. The molecule has 2 aromatic rings. The van der Waals surface area contributed by atoms with Crippen LogP contribution in [0.2, 0.25) is 0 Å². The Morgan fingerprint density at radius 2 is 1.95 bits per heavy atom. The molecular formula is C15H15F3N2O2. The smallest absolute Gasteiger partial charge is 0.339 e. The second kappa shape index (κ2) is 5.63. The quantitative estimate of drug-likeness (QED) is 0.680. The maximum Gasteiger partial charge on any atom is 0.418 e. The van der Waals surface area contributed by atoms with Gasteiger partial charge in [0.1, 0.15) is 6.10 Å². The van der Waals surface area contributed by atoms with Gasteiger partial charge in [-0.3, -0.25) is 5.26 Å². The van der Waals surface area contributed by atoms with Gasteiger partial charge < -0.3 is 4.57 Å². The van der Waals surface area contributed by atoms with E-state index in [1.54, 1.807) is 31.4 Å². The lowest BCUT2D eigenvalue weighted by Gasteiger charge is -2.22. The van der Waals surface area contributed by atoms with Crippen molar-refractivity contribution in [3.05, 3.63) is 35.0 Å². The second-order valence-corrected chi connectivity index (χ2v) is 5.24. The summed E-state index contributed by atoms with van der Waals surface area (Å²) >= 11 is 0. The minimum absolute atomic E-state index is 0.0268. The largest absolute Gasteiger partial charge is 0.418 e. The number of hydrogen-bond donors (Lipinski definition) is 1. The van der Waals surface area contributed by atoms with Crippen molar-refractivity contribution in [3.8, 4) is 6.07 Å². The van der Waals surface area contributed by atoms with Crippen molar-refractivity contribution in [1.29, 1.82) is 5.26 Å². The first-order valence-electron chi connectivity index (χ1n) is 6.64. The molecule has 0 saturated heterocycles. The Labute approximate surface area is 125 Å². The molecule has 7 heteroatoms. The van der Waals surface area contributed by atoms with Crippen LogP contribution in [0.15, 0.2) is 18.2 Å². The Kier molecular flexibility index (Phi) is 4.18. The van der Waals surface area contributed by atoms with Crippen LogP contribution in [-0.4, -0.2) is 15.9 Å². The van der Waals surface area contributed by atoms with E-state index < -0.39 is 23.4 Å². The van der Waals surface area contributed by atoms with Crippen molar-refractivity contribution in [2.24, 2.45) is 0 Å². The van der Waals surface area contributed by atoms with Crippen molar-refractivity contribution >= 4 is 10.9 Å². The van der Waals surface area contributed by atoms with Gasteiger partial charge in [0.05, 0.1) is 23.2 Å². The number of aromatic nitrogens is 1. The highest BCUT2D eigenvalue weighted by atomic mass is 19.4. The van der Waals surface area contributed by atoms with Crippen molar-refractivity contribution < 1.29 is 23.3 Å². The average Bonchev–Trinajstić information content (AvgIpc) is 2.78. The van der Waals surface area contributed by atoms with Crippen LogP contribution < -0.4 is 0 Å². The number of nitrogens with zero attached hydrogens (tertiary/aromatic N) is 2. The lowest BCUT2D eigenvalue weighted by Crippen LogP contribution is -2.21. The van der Waals surface area contributed by atoms with E-state index in [0.29, 0.717) is 11.2 Å². The molecule has 0 fully saturated rings. The third-order valence-corrected chi connectivity index (χ3v) is 3.87. The zero-order valence-electron chi connectivity index (χ0n) is 12.3. The summed E-state index contributed by atoms with van der Waals surface area (Å²) in [7, 11) is 0. The van der Waals surface area contributed by atoms with Gasteiger partial charge in [-0.2, -0.15) is 18.4 Å². The van der Waals surface area contributed by atoms with Crippen molar-refractivity contribution in [3.63, 3.8) is 0 Å². The highest BCUT2D eigenvalue weighted by Gasteiger charge is 2.37. The Hall–Kier alpha value is -2.04. The summed E-state index contributed by atoms with van der Waals surface area (Å²) in [5.74, 6) is 0. The molecule has 0 spiro atoms. The molecule has 1 heterocycles. The topological polar surface area (TPSA) is 58.2 Å². The van der Waals surface area contributed by atoms with E-state index in [0.717, 1.165) is 6.07 Å². The van der Waals surface area contributed by atoms with Crippen molar-refractivity contribution in [2.45, 2.75) is 39.1 Å². The molecule has 2 unspecified atom stereocenters. The molecule has 0 aliphatic heterocycles. The van der Waals surface area contributed by atoms with Crippen LogP contribution in [0.5, 0.6) is 0 Å². The van der Waals surface area contributed by atoms with E-state index in [2.05, 4.69) is 4.89 Å². The Morgan fingerprint density at radius 1 is 1.32 bits per heavy atom. The molecule has 0 aliphatic rings. The molecule has 2 atom stereocenters. The molecule has 1 aromatic carbocycles. The molecule has 1 aromatic heterocycles. The number of benzene rings is 1. The SMILES string of the molecule is Cc1cc2c(C(F)(F)F)c(C#N)ccc2n1C(C)C(C)OO. The molecule has 2 rings (SSSR count). The lowest BCUT2D eigenvalue weighted by atomic mass is 10.0. The molecule has 22 heavy (non-hydrogen) atoms. The first kappa shape index (κ1) is 16.3. The van der Waals surface area contributed by atoms with Gasteiger partial charge in [-0.1, -0.05) is 0 Å². The average molecular weight is 312 g/mol. The van der Waals surface area contributed by atoms with Crippen LogP contribution in [-0.2, 0) is 11.1 Å². The Bertz CT molecular complexity index is 744. The van der Waals surface area contributed by atoms with E-state index in [9.17, 15) is 13.2 Å². The van der Waals surface area contributed by atoms with Crippen LogP contribution in [0.1, 0.15) is 36.7 Å². The number of nitriles is 1. The van der Waals surface area contributed by atoms with E-state index in [1.165, 1.54) is 12.1 Å². The number of halogens is 3. The normalized spacial score (nSPS) is 14.8. The molecule has 0 bridgehead atoms. The van der Waals surface area contributed by atoms with Crippen LogP contribution >= 0.6 is 0 Å². The summed E-state index contributed by atoms with van der Waals surface area (Å²) < 4.78 is 41.6. The zero-order chi connectivity index (χ0) is 16.7. The molecular weight excluding hydrogens is 297 g/mol. The zero-order valence-corrected chi connectivity index (χ0v) is 12.3. The van der Waals surface area contributed by atoms with Gasteiger partial charge >= 0.3 is 6.18 Å². The molecule has 0 amide bonds. The predicted molar refractivity (Wildman–Crippen MR) is 74.3 cm³/mol. The van der Waals surface area contributed by atoms with Gasteiger partial charge in [0.25, 0.3) is 0 Å². The minimum Gasteiger partial charge on any atom is -0.339 e. The monoisotopic (exact) mass is 312 g/mol. The van der Waals surface area contributed by atoms with Gasteiger partial charge in [0, 0.05) is 16.6 Å². The summed E-state index contributed by atoms with van der Waals surface area (Å²) in [6, 6.07) is 5.26. The summed E-state index contributed by atoms with van der Waals surface area (Å²) in [5.41, 5.74) is -0.400. The van der Waals surface area contributed by atoms with E-state index >= 15 is 0 Å². The molecule has 0 saturated carbocycles. The van der Waals surface area contributed by atoms with Crippen LogP contribution in [0.3, 0.4) is 0 Å². The van der Waals surface area contributed by atoms with E-state index in [-0.39, 0.29) is 11.4 Å². The van der Waals surface area contributed by atoms with Gasteiger partial charge in [-0.15, -0.1) is 0 Å². The number of fused-ring (bicyclic) bond motifs is 1. The third-order valence-electron chi connectivity index (χ3n) is 3.87. The van der Waals surface area contributed by atoms with E-state index in [4.69, 9.17) is 10.5 Å². The van der Waals surface area contributed by atoms with Gasteiger partial charge in [0.2, 0.25) is 0 Å². The predicted octanol–water partition coefficient (Wildman–Crippen LogP) is 4.28. The first-order chi connectivity index (χ1) is 10.2. The Morgan fingerprint density at radius 3 is 2.45 bits per heavy atom. The van der Waals surface area contributed by atoms with Gasteiger partial charge in [-0.25, -0.2) is 4.89 Å². The Balaban J connectivity index is 2.80. The van der Waals surface area contributed by atoms with Crippen molar-refractivity contribution in [1.82, 2.24) is 4.57 Å². The molecule has 118 valence electrons. The fourth-order valence-electron chi connectivity index (χ4n) is 2.67. The molecule has 4 nitrogen and oxygen atoms in total. The minimum atomic E-state index is -4.62. The third kappa shape index (κ3) is 2.56. The first-order valence-corrected chi connectivity index (χ1v) is 6.64. The maximum absolute atomic E-state index is 13.3. The van der Waals surface area contributed by atoms with Crippen molar-refractivity contribution in [2.75, 3.05) is 0 Å². The number of rotatable bonds is 3. The number of aryl methyl sites for hydroxylation is 1. The second-order valence-electron chi connectivity index (χ2n) is 5.24. The maximum atomic E-state index is 13.3. The highest BCUT2D eigenvalue weighted by Crippen LogP contribution is 2.39. The van der Waals surface area contributed by atoms with Gasteiger partial charge in [0.15, 0.2) is 0 Å². The summed E-state index contributed by atoms with van der Waals surface area (Å²) in [5, 5.41) is 17.7. The summed E-state index contributed by atoms with van der Waals surface area (Å²) in [4.78, 5) is 4.29.